The van der Waals surface area contributed by atoms with Gasteiger partial charge in [0, 0.05) is 5.69 Å². The smallest absolute Gasteiger partial charge is 0.257 e. The Morgan fingerprint density at radius 3 is 2.72 bits per heavy atom. The number of aromatic nitrogens is 2. The van der Waals surface area contributed by atoms with Crippen molar-refractivity contribution in [3.63, 3.8) is 0 Å². The van der Waals surface area contributed by atoms with Crippen molar-refractivity contribution in [2.45, 2.75) is 0 Å². The first-order valence-electron chi connectivity index (χ1n) is 5.63. The maximum absolute atomic E-state index is 12.2. The van der Waals surface area contributed by atoms with E-state index in [9.17, 15) is 4.79 Å². The SMILES string of the molecule is O=C(Nc1ccccc1)c1cccc2[nH]cnc12. The van der Waals surface area contributed by atoms with Crippen molar-refractivity contribution in [1.82, 2.24) is 9.97 Å². The molecule has 3 rings (SSSR count). The molecule has 4 nitrogen and oxygen atoms in total. The first-order valence-corrected chi connectivity index (χ1v) is 5.63. The second kappa shape index (κ2) is 4.33. The molecule has 0 aliphatic carbocycles. The van der Waals surface area contributed by atoms with E-state index in [-0.39, 0.29) is 5.91 Å². The number of para-hydroxylation sites is 2. The minimum absolute atomic E-state index is 0.154. The normalized spacial score (nSPS) is 10.4. The molecule has 0 unspecified atom stereocenters. The molecule has 0 aliphatic heterocycles. The maximum atomic E-state index is 12.2. The van der Waals surface area contributed by atoms with Crippen LogP contribution in [0.25, 0.3) is 11.0 Å². The highest BCUT2D eigenvalue weighted by atomic mass is 16.1. The lowest BCUT2D eigenvalue weighted by atomic mass is 10.1. The minimum atomic E-state index is -0.154. The second-order valence-corrected chi connectivity index (χ2v) is 3.92. The van der Waals surface area contributed by atoms with Gasteiger partial charge in [-0.2, -0.15) is 0 Å². The molecule has 3 aromatic rings. The average molecular weight is 237 g/mol. The van der Waals surface area contributed by atoms with Gasteiger partial charge in [0.05, 0.1) is 17.4 Å². The quantitative estimate of drug-likeness (QED) is 0.720. The van der Waals surface area contributed by atoms with Gasteiger partial charge < -0.3 is 10.3 Å². The summed E-state index contributed by atoms with van der Waals surface area (Å²) in [5.41, 5.74) is 2.88. The molecule has 0 fully saturated rings. The van der Waals surface area contributed by atoms with Crippen molar-refractivity contribution < 1.29 is 4.79 Å². The third-order valence-corrected chi connectivity index (χ3v) is 2.73. The third-order valence-electron chi connectivity index (χ3n) is 2.73. The van der Waals surface area contributed by atoms with Crippen molar-refractivity contribution in [3.05, 3.63) is 60.4 Å². The number of anilines is 1. The van der Waals surface area contributed by atoms with Crippen LogP contribution in [0.2, 0.25) is 0 Å². The van der Waals surface area contributed by atoms with Crippen LogP contribution < -0.4 is 5.32 Å². The molecular formula is C14H11N3O. The van der Waals surface area contributed by atoms with Crippen LogP contribution in [0.5, 0.6) is 0 Å². The molecule has 18 heavy (non-hydrogen) atoms. The number of carbonyl (C=O) groups is 1. The van der Waals surface area contributed by atoms with Crippen molar-refractivity contribution in [2.75, 3.05) is 5.32 Å². The molecule has 0 radical (unpaired) electrons. The predicted molar refractivity (Wildman–Crippen MR) is 70.5 cm³/mol. The average Bonchev–Trinajstić information content (AvgIpc) is 2.87. The molecule has 0 atom stereocenters. The molecule has 0 spiro atoms. The molecule has 1 heterocycles. The number of fused-ring (bicyclic) bond motifs is 1. The van der Waals surface area contributed by atoms with E-state index in [0.29, 0.717) is 11.1 Å². The van der Waals surface area contributed by atoms with Crippen LogP contribution in [0.15, 0.2) is 54.9 Å². The Labute approximate surface area is 104 Å². The van der Waals surface area contributed by atoms with E-state index in [0.717, 1.165) is 11.2 Å². The van der Waals surface area contributed by atoms with E-state index in [1.807, 2.05) is 42.5 Å². The van der Waals surface area contributed by atoms with E-state index in [1.54, 1.807) is 12.4 Å². The zero-order valence-electron chi connectivity index (χ0n) is 9.55. The lowest BCUT2D eigenvalue weighted by Gasteiger charge is -2.05. The van der Waals surface area contributed by atoms with Gasteiger partial charge in [-0.05, 0) is 24.3 Å². The zero-order valence-corrected chi connectivity index (χ0v) is 9.55. The fraction of sp³-hybridized carbons (Fsp3) is 0. The maximum Gasteiger partial charge on any atom is 0.257 e. The number of H-pyrrole nitrogens is 1. The van der Waals surface area contributed by atoms with Crippen LogP contribution in [-0.4, -0.2) is 15.9 Å². The molecule has 4 heteroatoms. The van der Waals surface area contributed by atoms with E-state index in [1.165, 1.54) is 0 Å². The van der Waals surface area contributed by atoms with Gasteiger partial charge in [-0.15, -0.1) is 0 Å². The van der Waals surface area contributed by atoms with Crippen molar-refractivity contribution >= 4 is 22.6 Å². The number of aromatic amines is 1. The van der Waals surface area contributed by atoms with Crippen LogP contribution in [0.4, 0.5) is 5.69 Å². The first kappa shape index (κ1) is 10.5. The van der Waals surface area contributed by atoms with Crippen molar-refractivity contribution in [2.24, 2.45) is 0 Å². The zero-order chi connectivity index (χ0) is 12.4. The number of imidazole rings is 1. The number of hydrogen-bond acceptors (Lipinski definition) is 2. The largest absolute Gasteiger partial charge is 0.345 e. The van der Waals surface area contributed by atoms with Crippen LogP contribution in [0.1, 0.15) is 10.4 Å². The monoisotopic (exact) mass is 237 g/mol. The first-order chi connectivity index (χ1) is 8.84. The predicted octanol–water partition coefficient (Wildman–Crippen LogP) is 2.82. The summed E-state index contributed by atoms with van der Waals surface area (Å²) in [7, 11) is 0. The summed E-state index contributed by atoms with van der Waals surface area (Å²) in [6.45, 7) is 0. The molecule has 0 bridgehead atoms. The summed E-state index contributed by atoms with van der Waals surface area (Å²) in [6, 6.07) is 14.9. The van der Waals surface area contributed by atoms with Gasteiger partial charge in [0.15, 0.2) is 0 Å². The number of carbonyl (C=O) groups excluding carboxylic acids is 1. The number of amides is 1. The Balaban J connectivity index is 1.95. The number of nitrogens with zero attached hydrogens (tertiary/aromatic N) is 1. The Hall–Kier alpha value is -2.62. The summed E-state index contributed by atoms with van der Waals surface area (Å²) in [4.78, 5) is 19.3. The van der Waals surface area contributed by atoms with E-state index >= 15 is 0 Å². The van der Waals surface area contributed by atoms with E-state index in [4.69, 9.17) is 0 Å². The molecular weight excluding hydrogens is 226 g/mol. The number of rotatable bonds is 2. The molecule has 0 aliphatic rings. The second-order valence-electron chi connectivity index (χ2n) is 3.92. The van der Waals surface area contributed by atoms with Gasteiger partial charge in [-0.25, -0.2) is 4.98 Å². The summed E-state index contributed by atoms with van der Waals surface area (Å²) in [6.07, 6.45) is 1.59. The van der Waals surface area contributed by atoms with Crippen LogP contribution in [0, 0.1) is 0 Å². The molecule has 1 amide bonds. The fourth-order valence-electron chi connectivity index (χ4n) is 1.87. The fourth-order valence-corrected chi connectivity index (χ4v) is 1.87. The molecule has 0 saturated carbocycles. The Kier molecular flexibility index (Phi) is 2.53. The topological polar surface area (TPSA) is 57.8 Å². The molecule has 2 N–H and O–H groups in total. The number of nitrogens with one attached hydrogen (secondary N) is 2. The highest BCUT2D eigenvalue weighted by Crippen LogP contribution is 2.16. The lowest BCUT2D eigenvalue weighted by molar-refractivity contribution is 0.102. The molecule has 0 saturated heterocycles. The lowest BCUT2D eigenvalue weighted by Crippen LogP contribution is -2.12. The summed E-state index contributed by atoms with van der Waals surface area (Å²) >= 11 is 0. The van der Waals surface area contributed by atoms with Gasteiger partial charge in [0.25, 0.3) is 5.91 Å². The van der Waals surface area contributed by atoms with E-state index < -0.39 is 0 Å². The molecule has 2 aromatic carbocycles. The highest BCUT2D eigenvalue weighted by molar-refractivity contribution is 6.11. The standard InChI is InChI=1S/C14H11N3O/c18-14(17-10-5-2-1-3-6-10)11-7-4-8-12-13(11)16-9-15-12/h1-9H,(H,15,16)(H,17,18). The Morgan fingerprint density at radius 1 is 1.06 bits per heavy atom. The number of hydrogen-bond donors (Lipinski definition) is 2. The summed E-state index contributed by atoms with van der Waals surface area (Å²) in [5, 5.41) is 2.85. The van der Waals surface area contributed by atoms with Gasteiger partial charge in [0.2, 0.25) is 0 Å². The summed E-state index contributed by atoms with van der Waals surface area (Å²) in [5.74, 6) is -0.154. The molecule has 1 aromatic heterocycles. The molecule has 88 valence electrons. The van der Waals surface area contributed by atoms with Crippen LogP contribution in [-0.2, 0) is 0 Å². The third kappa shape index (κ3) is 1.84. The highest BCUT2D eigenvalue weighted by Gasteiger charge is 2.11. The summed E-state index contributed by atoms with van der Waals surface area (Å²) < 4.78 is 0. The van der Waals surface area contributed by atoms with E-state index in [2.05, 4.69) is 15.3 Å². The van der Waals surface area contributed by atoms with Gasteiger partial charge in [0.1, 0.15) is 5.52 Å². The Morgan fingerprint density at radius 2 is 1.89 bits per heavy atom. The van der Waals surface area contributed by atoms with Crippen LogP contribution in [0.3, 0.4) is 0 Å². The van der Waals surface area contributed by atoms with Crippen molar-refractivity contribution in [1.29, 1.82) is 0 Å². The Bertz CT molecular complexity index is 688. The van der Waals surface area contributed by atoms with Gasteiger partial charge in [-0.3, -0.25) is 4.79 Å². The van der Waals surface area contributed by atoms with Crippen molar-refractivity contribution in [3.8, 4) is 0 Å². The van der Waals surface area contributed by atoms with Crippen LogP contribution >= 0.6 is 0 Å². The number of benzene rings is 2. The minimum Gasteiger partial charge on any atom is -0.345 e. The van der Waals surface area contributed by atoms with Gasteiger partial charge in [-0.1, -0.05) is 24.3 Å². The van der Waals surface area contributed by atoms with Gasteiger partial charge >= 0.3 is 0 Å².